The number of anilines is 1. The Hall–Kier alpha value is -1.24. The summed E-state index contributed by atoms with van der Waals surface area (Å²) in [4.78, 5) is 20.5. The van der Waals surface area contributed by atoms with Crippen LogP contribution in [0.25, 0.3) is 0 Å². The number of hydrogen-bond acceptors (Lipinski definition) is 5. The quantitative estimate of drug-likeness (QED) is 0.860. The summed E-state index contributed by atoms with van der Waals surface area (Å²) in [6, 6.07) is 3.83. The molecule has 2 rings (SSSR count). The average Bonchev–Trinajstić information content (AvgIpc) is 2.52. The van der Waals surface area contributed by atoms with E-state index < -0.39 is 0 Å². The number of pyridine rings is 1. The van der Waals surface area contributed by atoms with Gasteiger partial charge in [-0.3, -0.25) is 4.79 Å². The molecule has 0 spiro atoms. The third-order valence-electron chi connectivity index (χ3n) is 3.72. The van der Waals surface area contributed by atoms with Gasteiger partial charge in [-0.2, -0.15) is 0 Å². The maximum absolute atomic E-state index is 12.1. The largest absolute Gasteiger partial charge is 0.497 e. The molecular formula is C15H26Cl2N4O2. The highest BCUT2D eigenvalue weighted by molar-refractivity contribution is 5.85. The van der Waals surface area contributed by atoms with Crippen LogP contribution >= 0.6 is 24.8 Å². The van der Waals surface area contributed by atoms with Gasteiger partial charge in [0.2, 0.25) is 5.91 Å². The molecule has 1 aromatic heterocycles. The normalized spacial score (nSPS) is 15.3. The molecule has 0 aromatic carbocycles. The van der Waals surface area contributed by atoms with Crippen molar-refractivity contribution in [2.75, 3.05) is 38.2 Å². The van der Waals surface area contributed by atoms with Crippen molar-refractivity contribution in [1.29, 1.82) is 0 Å². The lowest BCUT2D eigenvalue weighted by molar-refractivity contribution is -0.131. The molecule has 0 saturated carbocycles. The van der Waals surface area contributed by atoms with E-state index in [1.165, 1.54) is 0 Å². The summed E-state index contributed by atoms with van der Waals surface area (Å²) in [5.74, 6) is 1.90. The molecule has 132 valence electrons. The molecule has 2 N–H and O–H groups in total. The van der Waals surface area contributed by atoms with Crippen LogP contribution in [0.2, 0.25) is 0 Å². The lowest BCUT2D eigenvalue weighted by atomic mass is 10.1. The molecule has 1 saturated heterocycles. The number of hydrogen-bond donors (Lipinski definition) is 1. The predicted molar refractivity (Wildman–Crippen MR) is 97.0 cm³/mol. The number of ether oxygens (including phenoxy) is 1. The van der Waals surface area contributed by atoms with E-state index in [0.717, 1.165) is 44.2 Å². The van der Waals surface area contributed by atoms with Crippen LogP contribution in [0.1, 0.15) is 19.8 Å². The van der Waals surface area contributed by atoms with Crippen molar-refractivity contribution in [3.63, 3.8) is 0 Å². The fraction of sp³-hybridized carbons (Fsp3) is 0.600. The molecule has 6 nitrogen and oxygen atoms in total. The van der Waals surface area contributed by atoms with Crippen LogP contribution in [0.5, 0.6) is 5.75 Å². The van der Waals surface area contributed by atoms with Gasteiger partial charge in [-0.25, -0.2) is 4.98 Å². The Morgan fingerprint density at radius 2 is 2.00 bits per heavy atom. The first kappa shape index (κ1) is 21.8. The van der Waals surface area contributed by atoms with Crippen LogP contribution < -0.4 is 15.4 Å². The second kappa shape index (κ2) is 10.5. The van der Waals surface area contributed by atoms with Gasteiger partial charge in [-0.15, -0.1) is 24.8 Å². The number of nitrogens with two attached hydrogens (primary N) is 1. The van der Waals surface area contributed by atoms with Crippen molar-refractivity contribution in [3.8, 4) is 5.75 Å². The summed E-state index contributed by atoms with van der Waals surface area (Å²) in [6.45, 7) is 4.99. The van der Waals surface area contributed by atoms with Crippen LogP contribution in [0.15, 0.2) is 18.3 Å². The van der Waals surface area contributed by atoms with E-state index in [9.17, 15) is 4.79 Å². The molecule has 1 atom stereocenters. The first-order valence-corrected chi connectivity index (χ1v) is 7.38. The van der Waals surface area contributed by atoms with E-state index in [-0.39, 0.29) is 36.8 Å². The Kier molecular flexibility index (Phi) is 9.95. The Morgan fingerprint density at radius 3 is 2.57 bits per heavy atom. The molecule has 1 aromatic rings. The van der Waals surface area contributed by atoms with Gasteiger partial charge in [-0.05, 0) is 19.4 Å². The number of rotatable bonds is 5. The monoisotopic (exact) mass is 364 g/mol. The molecule has 1 aliphatic rings. The van der Waals surface area contributed by atoms with E-state index in [1.807, 2.05) is 24.0 Å². The van der Waals surface area contributed by atoms with Crippen molar-refractivity contribution >= 4 is 36.5 Å². The predicted octanol–water partition coefficient (Wildman–Crippen LogP) is 1.71. The van der Waals surface area contributed by atoms with Crippen LogP contribution in [-0.4, -0.2) is 55.1 Å². The second-order valence-corrected chi connectivity index (χ2v) is 5.44. The maximum Gasteiger partial charge on any atom is 0.222 e. The summed E-state index contributed by atoms with van der Waals surface area (Å²) >= 11 is 0. The van der Waals surface area contributed by atoms with Crippen LogP contribution in [0.3, 0.4) is 0 Å². The Balaban J connectivity index is 0.00000242. The van der Waals surface area contributed by atoms with Gasteiger partial charge in [0.15, 0.2) is 0 Å². The second-order valence-electron chi connectivity index (χ2n) is 5.44. The minimum absolute atomic E-state index is 0. The van der Waals surface area contributed by atoms with Crippen molar-refractivity contribution in [3.05, 3.63) is 18.3 Å². The summed E-state index contributed by atoms with van der Waals surface area (Å²) in [7, 11) is 1.65. The lowest BCUT2D eigenvalue weighted by Crippen LogP contribution is -2.49. The van der Waals surface area contributed by atoms with Gasteiger partial charge in [-0.1, -0.05) is 0 Å². The van der Waals surface area contributed by atoms with Gasteiger partial charge in [0.1, 0.15) is 11.6 Å². The molecule has 8 heteroatoms. The minimum atomic E-state index is 0. The first-order valence-electron chi connectivity index (χ1n) is 7.38. The number of methoxy groups -OCH3 is 1. The Labute approximate surface area is 150 Å². The van der Waals surface area contributed by atoms with Crippen molar-refractivity contribution in [1.82, 2.24) is 9.88 Å². The van der Waals surface area contributed by atoms with Gasteiger partial charge in [0, 0.05) is 50.9 Å². The smallest absolute Gasteiger partial charge is 0.222 e. The van der Waals surface area contributed by atoms with E-state index in [0.29, 0.717) is 6.42 Å². The van der Waals surface area contributed by atoms with Crippen molar-refractivity contribution in [2.24, 2.45) is 5.73 Å². The van der Waals surface area contributed by atoms with Crippen molar-refractivity contribution < 1.29 is 9.53 Å². The molecule has 1 fully saturated rings. The maximum atomic E-state index is 12.1. The van der Waals surface area contributed by atoms with E-state index in [2.05, 4.69) is 9.88 Å². The number of amides is 1. The van der Waals surface area contributed by atoms with Gasteiger partial charge < -0.3 is 20.3 Å². The topological polar surface area (TPSA) is 71.7 Å². The van der Waals surface area contributed by atoms with Gasteiger partial charge in [0.25, 0.3) is 0 Å². The zero-order valence-electron chi connectivity index (χ0n) is 13.6. The number of halogens is 2. The average molecular weight is 365 g/mol. The molecule has 1 aliphatic heterocycles. The number of carbonyl (C=O) groups is 1. The lowest BCUT2D eigenvalue weighted by Gasteiger charge is -2.35. The molecule has 0 bridgehead atoms. The number of nitrogens with zero attached hydrogens (tertiary/aromatic N) is 3. The fourth-order valence-corrected chi connectivity index (χ4v) is 2.39. The van der Waals surface area contributed by atoms with E-state index in [1.54, 1.807) is 13.3 Å². The molecule has 1 amide bonds. The third kappa shape index (κ3) is 6.41. The van der Waals surface area contributed by atoms with Crippen molar-refractivity contribution in [2.45, 2.75) is 25.8 Å². The highest BCUT2D eigenvalue weighted by Gasteiger charge is 2.21. The molecule has 0 aliphatic carbocycles. The summed E-state index contributed by atoms with van der Waals surface area (Å²) in [6.07, 6.45) is 3.03. The third-order valence-corrected chi connectivity index (χ3v) is 3.72. The Morgan fingerprint density at radius 1 is 1.35 bits per heavy atom. The standard InChI is InChI=1S/C15H24N4O2.2ClH/c1-12(16)3-4-15(20)19-9-7-18(8-10-19)14-11-13(21-2)5-6-17-14;;/h5-6,11-12H,3-4,7-10,16H2,1-2H3;2*1H. The van der Waals surface area contributed by atoms with E-state index in [4.69, 9.17) is 10.5 Å². The minimum Gasteiger partial charge on any atom is -0.497 e. The highest BCUT2D eigenvalue weighted by atomic mass is 35.5. The van der Waals surface area contributed by atoms with Gasteiger partial charge >= 0.3 is 0 Å². The van der Waals surface area contributed by atoms with E-state index >= 15 is 0 Å². The van der Waals surface area contributed by atoms with Gasteiger partial charge in [0.05, 0.1) is 7.11 Å². The molecular weight excluding hydrogens is 339 g/mol. The number of aromatic nitrogens is 1. The summed E-state index contributed by atoms with van der Waals surface area (Å²) in [5.41, 5.74) is 5.70. The molecule has 23 heavy (non-hydrogen) atoms. The molecule has 2 heterocycles. The van der Waals surface area contributed by atoms with Crippen LogP contribution in [-0.2, 0) is 4.79 Å². The Bertz CT molecular complexity index is 480. The zero-order chi connectivity index (χ0) is 15.2. The molecule has 1 unspecified atom stereocenters. The summed E-state index contributed by atoms with van der Waals surface area (Å²) in [5, 5.41) is 0. The van der Waals surface area contributed by atoms with Crippen LogP contribution in [0, 0.1) is 0 Å². The SMILES string of the molecule is COc1ccnc(N2CCN(C(=O)CCC(C)N)CC2)c1.Cl.Cl. The number of carbonyl (C=O) groups excluding carboxylic acids is 1. The fourth-order valence-electron chi connectivity index (χ4n) is 2.39. The highest BCUT2D eigenvalue weighted by Crippen LogP contribution is 2.19. The number of piperazine rings is 1. The molecule has 0 radical (unpaired) electrons. The zero-order valence-corrected chi connectivity index (χ0v) is 15.2. The summed E-state index contributed by atoms with van der Waals surface area (Å²) < 4.78 is 5.22. The van der Waals surface area contributed by atoms with Crippen LogP contribution in [0.4, 0.5) is 5.82 Å². The first-order chi connectivity index (χ1) is 10.1.